The first-order chi connectivity index (χ1) is 13.0. The van der Waals surface area contributed by atoms with E-state index in [2.05, 4.69) is 10.5 Å². The first kappa shape index (κ1) is 17.5. The van der Waals surface area contributed by atoms with E-state index in [1.165, 1.54) is 18.2 Å². The molecule has 0 unspecified atom stereocenters. The number of amides is 1. The van der Waals surface area contributed by atoms with Crippen LogP contribution in [0.4, 0.5) is 10.1 Å². The Bertz CT molecular complexity index is 1020. The van der Waals surface area contributed by atoms with Gasteiger partial charge in [0.05, 0.1) is 17.1 Å². The first-order valence-corrected chi connectivity index (χ1v) is 8.86. The quantitative estimate of drug-likeness (QED) is 0.709. The van der Waals surface area contributed by atoms with Crippen LogP contribution < -0.4 is 10.1 Å². The van der Waals surface area contributed by atoms with Crippen molar-refractivity contribution in [1.82, 2.24) is 5.16 Å². The molecular weight excluding hydrogens is 371 g/mol. The molecule has 138 valence electrons. The Morgan fingerprint density at radius 3 is 2.96 bits per heavy atom. The summed E-state index contributed by atoms with van der Waals surface area (Å²) >= 11 is 5.72. The molecule has 7 heteroatoms. The number of rotatable bonds is 4. The monoisotopic (exact) mass is 386 g/mol. The number of ether oxygens (including phenoxy) is 1. The summed E-state index contributed by atoms with van der Waals surface area (Å²) in [6.07, 6.45) is 1.06. The lowest BCUT2D eigenvalue weighted by Crippen LogP contribution is -2.14. The highest BCUT2D eigenvalue weighted by atomic mass is 35.5. The molecule has 1 atom stereocenters. The van der Waals surface area contributed by atoms with Crippen molar-refractivity contribution in [2.45, 2.75) is 25.9 Å². The van der Waals surface area contributed by atoms with Crippen molar-refractivity contribution in [3.8, 4) is 17.1 Å². The van der Waals surface area contributed by atoms with Crippen LogP contribution in [0.3, 0.4) is 0 Å². The Balaban J connectivity index is 1.44. The summed E-state index contributed by atoms with van der Waals surface area (Å²) in [7, 11) is 0. The molecule has 0 aliphatic carbocycles. The van der Waals surface area contributed by atoms with Crippen LogP contribution in [-0.4, -0.2) is 17.2 Å². The Morgan fingerprint density at radius 2 is 2.15 bits per heavy atom. The van der Waals surface area contributed by atoms with E-state index in [9.17, 15) is 9.18 Å². The number of hydrogen-bond donors (Lipinski definition) is 1. The van der Waals surface area contributed by atoms with Gasteiger partial charge in [-0.05, 0) is 48.9 Å². The van der Waals surface area contributed by atoms with E-state index in [1.54, 1.807) is 6.07 Å². The van der Waals surface area contributed by atoms with Gasteiger partial charge in [-0.1, -0.05) is 16.8 Å². The van der Waals surface area contributed by atoms with Crippen LogP contribution in [0, 0.1) is 5.82 Å². The highest BCUT2D eigenvalue weighted by Gasteiger charge is 2.20. The molecule has 0 spiro atoms. The van der Waals surface area contributed by atoms with Crippen LogP contribution in [0.5, 0.6) is 5.75 Å². The van der Waals surface area contributed by atoms with Crippen LogP contribution in [0.15, 0.2) is 47.0 Å². The van der Waals surface area contributed by atoms with E-state index in [4.69, 9.17) is 20.9 Å². The van der Waals surface area contributed by atoms with Gasteiger partial charge in [0.25, 0.3) is 0 Å². The van der Waals surface area contributed by atoms with Gasteiger partial charge in [0, 0.05) is 23.7 Å². The minimum Gasteiger partial charge on any atom is -0.490 e. The van der Waals surface area contributed by atoms with Gasteiger partial charge in [0.1, 0.15) is 17.7 Å². The van der Waals surface area contributed by atoms with Gasteiger partial charge in [-0.25, -0.2) is 4.39 Å². The van der Waals surface area contributed by atoms with Gasteiger partial charge in [0.2, 0.25) is 5.91 Å². The zero-order valence-corrected chi connectivity index (χ0v) is 15.2. The molecule has 0 saturated heterocycles. The molecule has 4 rings (SSSR count). The summed E-state index contributed by atoms with van der Waals surface area (Å²) in [6.45, 7) is 2.03. The second kappa shape index (κ2) is 7.04. The molecule has 3 aromatic rings. The maximum Gasteiger partial charge on any atom is 0.230 e. The molecule has 27 heavy (non-hydrogen) atoms. The van der Waals surface area contributed by atoms with Crippen molar-refractivity contribution >= 4 is 23.2 Å². The van der Waals surface area contributed by atoms with E-state index in [1.807, 2.05) is 25.1 Å². The summed E-state index contributed by atoms with van der Waals surface area (Å²) in [4.78, 5) is 12.2. The van der Waals surface area contributed by atoms with Gasteiger partial charge < -0.3 is 14.6 Å². The molecule has 1 aliphatic heterocycles. The molecular formula is C20H16ClFN2O3. The predicted molar refractivity (Wildman–Crippen MR) is 99.5 cm³/mol. The van der Waals surface area contributed by atoms with E-state index in [0.717, 1.165) is 23.3 Å². The molecule has 0 fully saturated rings. The van der Waals surface area contributed by atoms with Crippen molar-refractivity contribution in [2.75, 3.05) is 5.32 Å². The highest BCUT2D eigenvalue weighted by molar-refractivity contribution is 6.31. The number of nitrogens with one attached hydrogen (secondary N) is 1. The number of carbonyl (C=O) groups is 1. The number of fused-ring (bicyclic) bond motifs is 1. The van der Waals surface area contributed by atoms with Crippen LogP contribution in [-0.2, 0) is 17.6 Å². The highest BCUT2D eigenvalue weighted by Crippen LogP contribution is 2.33. The summed E-state index contributed by atoms with van der Waals surface area (Å²) in [5, 5.41) is 6.57. The average molecular weight is 387 g/mol. The van der Waals surface area contributed by atoms with Gasteiger partial charge in [0.15, 0.2) is 5.76 Å². The van der Waals surface area contributed by atoms with Crippen LogP contribution in [0.2, 0.25) is 5.02 Å². The minimum absolute atomic E-state index is 0.0313. The molecule has 2 aromatic carbocycles. The van der Waals surface area contributed by atoms with Crippen molar-refractivity contribution in [3.63, 3.8) is 0 Å². The minimum atomic E-state index is -0.537. The van der Waals surface area contributed by atoms with Crippen LogP contribution >= 0.6 is 11.6 Å². The summed E-state index contributed by atoms with van der Waals surface area (Å²) in [5.74, 6) is 0.645. The Kier molecular flexibility index (Phi) is 4.58. The molecule has 5 nitrogen and oxygen atoms in total. The van der Waals surface area contributed by atoms with E-state index >= 15 is 0 Å². The molecule has 1 amide bonds. The van der Waals surface area contributed by atoms with Crippen molar-refractivity contribution in [1.29, 1.82) is 0 Å². The number of halogens is 2. The lowest BCUT2D eigenvalue weighted by atomic mass is 10.1. The van der Waals surface area contributed by atoms with Crippen molar-refractivity contribution < 1.29 is 18.4 Å². The standard InChI is InChI=1S/C20H16ClFN2O3/c1-11-6-13-7-12(2-5-18(13)26-11)19-9-15(24-27-19)10-20(25)23-14-3-4-17(22)16(21)8-14/h2-5,7-9,11H,6,10H2,1H3,(H,23,25)/t11-/m0/s1. The SMILES string of the molecule is C[C@H]1Cc2cc(-c3cc(CC(=O)Nc4ccc(F)c(Cl)c4)no3)ccc2O1. The normalized spacial score (nSPS) is 15.3. The first-order valence-electron chi connectivity index (χ1n) is 8.48. The second-order valence-electron chi connectivity index (χ2n) is 6.49. The number of nitrogens with zero attached hydrogens (tertiary/aromatic N) is 1. The fraction of sp³-hybridized carbons (Fsp3) is 0.200. The molecule has 2 heterocycles. The lowest BCUT2D eigenvalue weighted by Gasteiger charge is -2.04. The summed E-state index contributed by atoms with van der Waals surface area (Å²) < 4.78 is 24.3. The Labute approximate surface area is 160 Å². The van der Waals surface area contributed by atoms with Crippen molar-refractivity contribution in [2.24, 2.45) is 0 Å². The average Bonchev–Trinajstić information content (AvgIpc) is 3.22. The molecule has 0 radical (unpaired) electrons. The molecule has 0 bridgehead atoms. The van der Waals surface area contributed by atoms with E-state index in [0.29, 0.717) is 17.1 Å². The van der Waals surface area contributed by atoms with E-state index < -0.39 is 5.82 Å². The van der Waals surface area contributed by atoms with Gasteiger partial charge >= 0.3 is 0 Å². The zero-order valence-electron chi connectivity index (χ0n) is 14.5. The third kappa shape index (κ3) is 3.80. The number of carbonyl (C=O) groups excluding carboxylic acids is 1. The van der Waals surface area contributed by atoms with Gasteiger partial charge in [-0.2, -0.15) is 0 Å². The van der Waals surface area contributed by atoms with Gasteiger partial charge in [-0.15, -0.1) is 0 Å². The zero-order chi connectivity index (χ0) is 19.0. The van der Waals surface area contributed by atoms with Crippen LogP contribution in [0.25, 0.3) is 11.3 Å². The largest absolute Gasteiger partial charge is 0.490 e. The smallest absolute Gasteiger partial charge is 0.230 e. The molecule has 1 aromatic heterocycles. The Morgan fingerprint density at radius 1 is 1.30 bits per heavy atom. The third-order valence-electron chi connectivity index (χ3n) is 4.28. The summed E-state index contributed by atoms with van der Waals surface area (Å²) in [6, 6.07) is 11.6. The summed E-state index contributed by atoms with van der Waals surface area (Å²) in [5.41, 5.74) is 2.93. The number of benzene rings is 2. The topological polar surface area (TPSA) is 64.4 Å². The lowest BCUT2D eigenvalue weighted by molar-refractivity contribution is -0.115. The number of hydrogen-bond acceptors (Lipinski definition) is 4. The van der Waals surface area contributed by atoms with Gasteiger partial charge in [-0.3, -0.25) is 4.79 Å². The van der Waals surface area contributed by atoms with Crippen LogP contribution in [0.1, 0.15) is 18.2 Å². The maximum absolute atomic E-state index is 13.2. The van der Waals surface area contributed by atoms with E-state index in [-0.39, 0.29) is 23.5 Å². The predicted octanol–water partition coefficient (Wildman–Crippen LogP) is 4.64. The third-order valence-corrected chi connectivity index (χ3v) is 4.57. The Hall–Kier alpha value is -2.86. The number of anilines is 1. The second-order valence-corrected chi connectivity index (χ2v) is 6.90. The van der Waals surface area contributed by atoms with Crippen molar-refractivity contribution in [3.05, 3.63) is 64.6 Å². The maximum atomic E-state index is 13.2. The fourth-order valence-electron chi connectivity index (χ4n) is 3.05. The molecule has 1 aliphatic rings. The molecule has 0 saturated carbocycles. The molecule has 1 N–H and O–H groups in total. The number of aromatic nitrogens is 1. The fourth-order valence-corrected chi connectivity index (χ4v) is 3.23.